The second kappa shape index (κ2) is 8.85. The van der Waals surface area contributed by atoms with E-state index in [0.717, 1.165) is 18.2 Å². The number of carboxylic acids is 1. The molecule has 114 valence electrons. The van der Waals surface area contributed by atoms with Gasteiger partial charge in [0, 0.05) is 13.0 Å². The minimum atomic E-state index is -2.49. The van der Waals surface area contributed by atoms with E-state index in [4.69, 9.17) is 9.84 Å². The molecule has 20 heavy (non-hydrogen) atoms. The molecule has 1 heterocycles. The Hall–Kier alpha value is -1.22. The number of hydrogen-bond acceptors (Lipinski definition) is 5. The first-order chi connectivity index (χ1) is 9.54. The Morgan fingerprint density at radius 1 is 1.50 bits per heavy atom. The fourth-order valence-electron chi connectivity index (χ4n) is 1.51. The Morgan fingerprint density at radius 3 is 2.85 bits per heavy atom. The molecule has 1 rings (SSSR count). The molecule has 0 saturated heterocycles. The number of carboxylic acid groups (broad SMARTS) is 1. The number of nitrogens with zero attached hydrogens (tertiary/aromatic N) is 3. The molecular weight excluding hydrogens is 292 g/mol. The van der Waals surface area contributed by atoms with Gasteiger partial charge in [-0.15, -0.1) is 10.2 Å². The van der Waals surface area contributed by atoms with Crippen molar-refractivity contribution >= 4 is 17.7 Å². The maximum atomic E-state index is 12.0. The second-order valence-corrected chi connectivity index (χ2v) is 4.89. The summed E-state index contributed by atoms with van der Waals surface area (Å²) in [4.78, 5) is 10.6. The number of halogens is 2. The first kappa shape index (κ1) is 16.8. The molecule has 1 aromatic heterocycles. The van der Waals surface area contributed by atoms with Gasteiger partial charge in [-0.1, -0.05) is 18.7 Å². The van der Waals surface area contributed by atoms with Gasteiger partial charge in [0.2, 0.25) is 0 Å². The monoisotopic (exact) mass is 309 g/mol. The van der Waals surface area contributed by atoms with E-state index in [1.54, 1.807) is 4.57 Å². The summed E-state index contributed by atoms with van der Waals surface area (Å²) in [6.45, 7) is 1.82. The zero-order chi connectivity index (χ0) is 15.0. The number of hydrogen-bond donors (Lipinski definition) is 1. The third-order valence-electron chi connectivity index (χ3n) is 2.29. The topological polar surface area (TPSA) is 77.2 Å². The average Bonchev–Trinajstić information content (AvgIpc) is 2.75. The SMILES string of the molecule is CCCc1nnc(SCC(=O)O)n1CCOCC(F)F. The Bertz CT molecular complexity index is 429. The molecular formula is C11H17F2N3O3S. The van der Waals surface area contributed by atoms with Crippen LogP contribution in [-0.4, -0.2) is 51.2 Å². The molecule has 1 aromatic rings. The van der Waals surface area contributed by atoms with Crippen molar-refractivity contribution in [1.29, 1.82) is 0 Å². The zero-order valence-corrected chi connectivity index (χ0v) is 11.9. The lowest BCUT2D eigenvalue weighted by atomic mass is 10.3. The number of alkyl halides is 2. The normalized spacial score (nSPS) is 11.2. The Morgan fingerprint density at radius 2 is 2.25 bits per heavy atom. The number of aromatic nitrogens is 3. The molecule has 0 fully saturated rings. The highest BCUT2D eigenvalue weighted by Gasteiger charge is 2.13. The van der Waals surface area contributed by atoms with Crippen LogP contribution < -0.4 is 0 Å². The van der Waals surface area contributed by atoms with Gasteiger partial charge in [0.15, 0.2) is 5.16 Å². The van der Waals surface area contributed by atoms with Gasteiger partial charge in [-0.25, -0.2) is 8.78 Å². The lowest BCUT2D eigenvalue weighted by Gasteiger charge is -2.09. The van der Waals surface area contributed by atoms with Crippen LogP contribution in [0.25, 0.3) is 0 Å². The van der Waals surface area contributed by atoms with Crippen LogP contribution in [0.4, 0.5) is 8.78 Å². The van der Waals surface area contributed by atoms with E-state index >= 15 is 0 Å². The van der Waals surface area contributed by atoms with Crippen molar-refractivity contribution in [3.63, 3.8) is 0 Å². The number of rotatable bonds is 10. The van der Waals surface area contributed by atoms with Crippen molar-refractivity contribution < 1.29 is 23.4 Å². The van der Waals surface area contributed by atoms with Crippen LogP contribution in [0.3, 0.4) is 0 Å². The molecule has 0 saturated carbocycles. The van der Waals surface area contributed by atoms with Crippen molar-refractivity contribution in [3.05, 3.63) is 5.82 Å². The highest BCUT2D eigenvalue weighted by molar-refractivity contribution is 7.99. The number of aliphatic carboxylic acids is 1. The summed E-state index contributed by atoms with van der Waals surface area (Å²) >= 11 is 1.05. The molecule has 0 amide bonds. The molecule has 0 unspecified atom stereocenters. The van der Waals surface area contributed by atoms with Crippen LogP contribution in [0.2, 0.25) is 0 Å². The molecule has 0 spiro atoms. The van der Waals surface area contributed by atoms with Crippen molar-refractivity contribution in [2.24, 2.45) is 0 Å². The molecule has 0 radical (unpaired) electrons. The summed E-state index contributed by atoms with van der Waals surface area (Å²) in [6, 6.07) is 0. The van der Waals surface area contributed by atoms with Crippen molar-refractivity contribution in [2.75, 3.05) is 19.0 Å². The minimum Gasteiger partial charge on any atom is -0.481 e. The van der Waals surface area contributed by atoms with E-state index < -0.39 is 19.0 Å². The number of carbonyl (C=O) groups is 1. The number of thioether (sulfide) groups is 1. The molecule has 6 nitrogen and oxygen atoms in total. The van der Waals surface area contributed by atoms with Gasteiger partial charge in [0.1, 0.15) is 12.4 Å². The fraction of sp³-hybridized carbons (Fsp3) is 0.727. The summed E-state index contributed by atoms with van der Waals surface area (Å²) in [7, 11) is 0. The molecule has 0 bridgehead atoms. The van der Waals surface area contributed by atoms with Crippen molar-refractivity contribution in [1.82, 2.24) is 14.8 Å². The van der Waals surface area contributed by atoms with Crippen LogP contribution in [0, 0.1) is 0 Å². The largest absolute Gasteiger partial charge is 0.481 e. The molecule has 1 N–H and O–H groups in total. The molecule has 0 aliphatic carbocycles. The maximum absolute atomic E-state index is 12.0. The summed E-state index contributed by atoms with van der Waals surface area (Å²) in [6.07, 6.45) is -0.943. The van der Waals surface area contributed by atoms with Crippen LogP contribution in [0.1, 0.15) is 19.2 Å². The van der Waals surface area contributed by atoms with E-state index in [1.807, 2.05) is 6.92 Å². The second-order valence-electron chi connectivity index (χ2n) is 3.95. The van der Waals surface area contributed by atoms with E-state index in [-0.39, 0.29) is 12.4 Å². The Balaban J connectivity index is 2.62. The highest BCUT2D eigenvalue weighted by atomic mass is 32.2. The average molecular weight is 309 g/mol. The minimum absolute atomic E-state index is 0.111. The Kier molecular flexibility index (Phi) is 7.45. The molecule has 0 aromatic carbocycles. The van der Waals surface area contributed by atoms with Gasteiger partial charge >= 0.3 is 5.97 Å². The Labute approximate surface area is 119 Å². The predicted octanol–water partition coefficient (Wildman–Crippen LogP) is 1.69. The van der Waals surface area contributed by atoms with Gasteiger partial charge in [0.25, 0.3) is 6.43 Å². The standard InChI is InChI=1S/C11H17F2N3O3S/c1-2-3-9-14-15-11(20-7-10(17)18)16(9)4-5-19-6-8(12)13/h8H,2-7H2,1H3,(H,17,18). The molecule has 0 aliphatic heterocycles. The lowest BCUT2D eigenvalue weighted by Crippen LogP contribution is -2.14. The van der Waals surface area contributed by atoms with E-state index in [0.29, 0.717) is 23.9 Å². The maximum Gasteiger partial charge on any atom is 0.313 e. The van der Waals surface area contributed by atoms with E-state index in [1.165, 1.54) is 0 Å². The van der Waals surface area contributed by atoms with Crippen LogP contribution in [0.15, 0.2) is 5.16 Å². The highest BCUT2D eigenvalue weighted by Crippen LogP contribution is 2.17. The van der Waals surface area contributed by atoms with Gasteiger partial charge in [-0.2, -0.15) is 0 Å². The van der Waals surface area contributed by atoms with Gasteiger partial charge < -0.3 is 14.4 Å². The quantitative estimate of drug-likeness (QED) is 0.523. The summed E-state index contributed by atoms with van der Waals surface area (Å²) in [5, 5.41) is 17.1. The van der Waals surface area contributed by atoms with Crippen LogP contribution >= 0.6 is 11.8 Å². The van der Waals surface area contributed by atoms with Gasteiger partial charge in [-0.3, -0.25) is 4.79 Å². The summed E-state index contributed by atoms with van der Waals surface area (Å²) in [5.41, 5.74) is 0. The fourth-order valence-corrected chi connectivity index (χ4v) is 2.22. The lowest BCUT2D eigenvalue weighted by molar-refractivity contribution is -0.133. The van der Waals surface area contributed by atoms with Crippen molar-refractivity contribution in [2.45, 2.75) is 37.9 Å². The van der Waals surface area contributed by atoms with Crippen LogP contribution in [-0.2, 0) is 22.5 Å². The zero-order valence-electron chi connectivity index (χ0n) is 11.1. The van der Waals surface area contributed by atoms with Crippen LogP contribution in [0.5, 0.6) is 0 Å². The predicted molar refractivity (Wildman–Crippen MR) is 69.2 cm³/mol. The van der Waals surface area contributed by atoms with Gasteiger partial charge in [-0.05, 0) is 6.42 Å². The summed E-state index contributed by atoms with van der Waals surface area (Å²) < 4.78 is 30.5. The van der Waals surface area contributed by atoms with E-state index in [9.17, 15) is 13.6 Å². The first-order valence-electron chi connectivity index (χ1n) is 6.17. The summed E-state index contributed by atoms with van der Waals surface area (Å²) in [5.74, 6) is -0.362. The molecule has 0 aliphatic rings. The third kappa shape index (κ3) is 5.83. The molecule has 9 heteroatoms. The van der Waals surface area contributed by atoms with Crippen molar-refractivity contribution in [3.8, 4) is 0 Å². The van der Waals surface area contributed by atoms with Gasteiger partial charge in [0.05, 0.1) is 12.4 Å². The number of ether oxygens (including phenoxy) is 1. The number of aryl methyl sites for hydroxylation is 1. The first-order valence-corrected chi connectivity index (χ1v) is 7.15. The third-order valence-corrected chi connectivity index (χ3v) is 3.25. The smallest absolute Gasteiger partial charge is 0.313 e. The van der Waals surface area contributed by atoms with E-state index in [2.05, 4.69) is 10.2 Å². The molecule has 0 atom stereocenters.